The van der Waals surface area contributed by atoms with Crippen LogP contribution in [0.2, 0.25) is 0 Å². The van der Waals surface area contributed by atoms with E-state index >= 15 is 0 Å². The zero-order valence-electron chi connectivity index (χ0n) is 7.33. The molecule has 0 aromatic rings. The summed E-state index contributed by atoms with van der Waals surface area (Å²) in [6, 6.07) is 0. The zero-order valence-corrected chi connectivity index (χ0v) is 8.33. The van der Waals surface area contributed by atoms with Crippen molar-refractivity contribution in [3.63, 3.8) is 0 Å². The van der Waals surface area contributed by atoms with Gasteiger partial charge in [-0.05, 0) is 0 Å². The Morgan fingerprint density at radius 1 is 1.55 bits per heavy atom. The number of nitrogens with zero attached hydrogens (tertiary/aromatic N) is 1. The first-order valence-corrected chi connectivity index (χ1v) is 4.10. The van der Waals surface area contributed by atoms with E-state index in [-0.39, 0.29) is 5.66 Å². The first-order valence-electron chi connectivity index (χ1n) is 3.52. The number of likely N-dealkylation sites (N-methyl/N-ethyl adjacent to an activating group) is 1. The van der Waals surface area contributed by atoms with Crippen molar-refractivity contribution in [2.75, 3.05) is 27.7 Å². The van der Waals surface area contributed by atoms with E-state index in [0.29, 0.717) is 11.0 Å². The molecule has 0 rings (SSSR count). The summed E-state index contributed by atoms with van der Waals surface area (Å²) >= 11 is 0. The Labute approximate surface area is 71.4 Å². The smallest absolute Gasteiger partial charge is 0.103 e. The van der Waals surface area contributed by atoms with Gasteiger partial charge < -0.3 is 18.8 Å². The molecule has 0 aromatic heterocycles. The normalized spacial score (nSPS) is 17.1. The molecule has 0 bridgehead atoms. The molecule has 0 radical (unpaired) electrons. The number of terminal acetylenes is 1. The first kappa shape index (κ1) is 10.9. The quantitative estimate of drug-likeness (QED) is 0.367. The van der Waals surface area contributed by atoms with Crippen molar-refractivity contribution in [2.45, 2.75) is 11.8 Å². The second-order valence-corrected chi connectivity index (χ2v) is 4.31. The van der Waals surface area contributed by atoms with Crippen molar-refractivity contribution >= 4 is 9.24 Å². The third kappa shape index (κ3) is 5.21. The van der Waals surface area contributed by atoms with Crippen molar-refractivity contribution in [3.8, 4) is 12.3 Å². The Kier molecular flexibility index (Phi) is 4.03. The lowest BCUT2D eigenvalue weighted by Gasteiger charge is -2.30. The number of aliphatic hydroxyl groups excluding tert-OH is 1. The Morgan fingerprint density at radius 3 is 2.27 bits per heavy atom. The van der Waals surface area contributed by atoms with Crippen LogP contribution in [0.15, 0.2) is 0 Å². The van der Waals surface area contributed by atoms with E-state index in [1.54, 1.807) is 0 Å². The van der Waals surface area contributed by atoms with Gasteiger partial charge in [0.25, 0.3) is 0 Å². The Hall–Kier alpha value is -0.0900. The van der Waals surface area contributed by atoms with Gasteiger partial charge in [-0.25, -0.2) is 0 Å². The van der Waals surface area contributed by atoms with Gasteiger partial charge in [-0.3, -0.25) is 0 Å². The minimum Gasteiger partial charge on any atom is -0.539 e. The molecular formula is C8H16NOP. The summed E-state index contributed by atoms with van der Waals surface area (Å²) in [4.78, 5) is 0. The lowest BCUT2D eigenvalue weighted by molar-refractivity contribution is -0.873. The summed E-state index contributed by atoms with van der Waals surface area (Å²) in [6.45, 7) is 0.651. The number of hydrogen-bond acceptors (Lipinski definition) is 1. The molecule has 2 nitrogen and oxygen atoms in total. The standard InChI is InChI=1S/C8H16NOP/c1-5-8(11)7(10)6-9(2,3)4/h1,7-8,10-11H,6H2,2-4H3. The first-order chi connectivity index (χ1) is 4.87. The molecule has 0 aliphatic rings. The number of rotatable bonds is 3. The van der Waals surface area contributed by atoms with Crippen LogP contribution < -0.4 is 0 Å². The molecule has 11 heavy (non-hydrogen) atoms. The van der Waals surface area contributed by atoms with E-state index in [0.717, 1.165) is 0 Å². The summed E-state index contributed by atoms with van der Waals surface area (Å²) in [5.41, 5.74) is -0.243. The highest BCUT2D eigenvalue weighted by atomic mass is 31.0. The van der Waals surface area contributed by atoms with Gasteiger partial charge in [0.05, 0.1) is 27.2 Å². The van der Waals surface area contributed by atoms with Gasteiger partial charge in [-0.15, -0.1) is 12.3 Å². The van der Waals surface area contributed by atoms with Crippen LogP contribution in [-0.4, -0.2) is 49.0 Å². The molecule has 0 aliphatic heterocycles. The van der Waals surface area contributed by atoms with E-state index in [9.17, 15) is 5.11 Å². The Balaban J connectivity index is 3.90. The molecule has 1 N–H and O–H groups in total. The predicted octanol–water partition coefficient (Wildman–Crippen LogP) is 0.198. The molecule has 0 spiro atoms. The average Bonchev–Trinajstić information content (AvgIpc) is 1.82. The zero-order chi connectivity index (χ0) is 9.07. The topological polar surface area (TPSA) is 20.2 Å². The molecule has 0 amide bonds. The van der Waals surface area contributed by atoms with Crippen LogP contribution in [0.5, 0.6) is 0 Å². The molecule has 3 heteroatoms. The fraction of sp³-hybridized carbons (Fsp3) is 0.750. The van der Waals surface area contributed by atoms with Gasteiger partial charge in [-0.2, -0.15) is 0 Å². The summed E-state index contributed by atoms with van der Waals surface area (Å²) in [5, 5.41) is 9.45. The molecule has 0 aliphatic carbocycles. The van der Waals surface area contributed by atoms with Crippen molar-refractivity contribution < 1.29 is 9.59 Å². The maximum Gasteiger partial charge on any atom is 0.103 e. The molecule has 2 atom stereocenters. The van der Waals surface area contributed by atoms with Gasteiger partial charge in [0.1, 0.15) is 6.54 Å². The van der Waals surface area contributed by atoms with E-state index in [4.69, 9.17) is 6.42 Å². The molecule has 0 fully saturated rings. The highest BCUT2D eigenvalue weighted by Crippen LogP contribution is 2.07. The van der Waals surface area contributed by atoms with Crippen LogP contribution in [0.4, 0.5) is 0 Å². The van der Waals surface area contributed by atoms with Gasteiger partial charge in [0, 0.05) is 0 Å². The Morgan fingerprint density at radius 2 is 2.00 bits per heavy atom. The molecule has 64 valence electrons. The molecule has 0 aromatic carbocycles. The second kappa shape index (κ2) is 4.07. The summed E-state index contributed by atoms with van der Waals surface area (Å²) < 4.78 is 0.712. The average molecular weight is 173 g/mol. The van der Waals surface area contributed by atoms with Gasteiger partial charge in [-0.1, -0.05) is 5.66 Å². The number of hydrogen-bond donors (Lipinski definition) is 1. The highest BCUT2D eigenvalue weighted by molar-refractivity contribution is 7.18. The van der Waals surface area contributed by atoms with Gasteiger partial charge in [0.15, 0.2) is 0 Å². The number of quaternary nitrogens is 1. The van der Waals surface area contributed by atoms with Crippen LogP contribution in [-0.2, 0) is 0 Å². The van der Waals surface area contributed by atoms with Crippen LogP contribution in [0, 0.1) is 12.3 Å². The largest absolute Gasteiger partial charge is 0.539 e. The van der Waals surface area contributed by atoms with Crippen LogP contribution in [0.3, 0.4) is 0 Å². The summed E-state index contributed by atoms with van der Waals surface area (Å²) in [5.74, 6) is 2.44. The summed E-state index contributed by atoms with van der Waals surface area (Å²) in [6.07, 6.45) is 4.65. The molecule has 2 unspecified atom stereocenters. The van der Waals surface area contributed by atoms with Gasteiger partial charge >= 0.3 is 0 Å². The van der Waals surface area contributed by atoms with E-state index < -0.39 is 6.10 Å². The van der Waals surface area contributed by atoms with Crippen molar-refractivity contribution in [1.29, 1.82) is 0 Å². The van der Waals surface area contributed by atoms with E-state index in [1.807, 2.05) is 21.1 Å². The van der Waals surface area contributed by atoms with Crippen molar-refractivity contribution in [2.24, 2.45) is 0 Å². The third-order valence-electron chi connectivity index (χ3n) is 1.30. The van der Waals surface area contributed by atoms with E-state index in [1.165, 1.54) is 0 Å². The molecular weight excluding hydrogens is 157 g/mol. The monoisotopic (exact) mass is 173 g/mol. The lowest BCUT2D eigenvalue weighted by atomic mass is 10.2. The van der Waals surface area contributed by atoms with Gasteiger partial charge in [0.2, 0.25) is 0 Å². The van der Waals surface area contributed by atoms with Crippen LogP contribution in [0.25, 0.3) is 0 Å². The maximum absolute atomic E-state index is 9.45. The summed E-state index contributed by atoms with van der Waals surface area (Å²) in [7, 11) is 9.29. The Bertz CT molecular complexity index is 156. The van der Waals surface area contributed by atoms with Crippen molar-refractivity contribution in [3.05, 3.63) is 0 Å². The third-order valence-corrected chi connectivity index (χ3v) is 1.85. The minimum atomic E-state index is -0.475. The molecule has 0 saturated heterocycles. The number of aliphatic hydroxyl groups is 1. The maximum atomic E-state index is 9.45. The van der Waals surface area contributed by atoms with Crippen LogP contribution >= 0.6 is 9.24 Å². The minimum absolute atomic E-state index is 0.243. The second-order valence-electron chi connectivity index (χ2n) is 3.68. The SMILES string of the molecule is C#CC([PH-])C(O)C[N+](C)(C)C. The fourth-order valence-electron chi connectivity index (χ4n) is 0.778. The lowest BCUT2D eigenvalue weighted by Crippen LogP contribution is -2.44. The van der Waals surface area contributed by atoms with Crippen molar-refractivity contribution in [1.82, 2.24) is 0 Å². The predicted molar refractivity (Wildman–Crippen MR) is 49.8 cm³/mol. The molecule has 0 heterocycles. The van der Waals surface area contributed by atoms with Crippen LogP contribution in [0.1, 0.15) is 0 Å². The highest BCUT2D eigenvalue weighted by Gasteiger charge is 2.15. The molecule has 0 saturated carbocycles. The fourth-order valence-corrected chi connectivity index (χ4v) is 0.883. The van der Waals surface area contributed by atoms with E-state index in [2.05, 4.69) is 15.2 Å².